The number of halogens is 2. The van der Waals surface area contributed by atoms with Crippen molar-refractivity contribution in [2.45, 2.75) is 25.8 Å². The van der Waals surface area contributed by atoms with Gasteiger partial charge in [0.25, 0.3) is 5.91 Å². The highest BCUT2D eigenvalue weighted by molar-refractivity contribution is 7.10. The molecule has 0 spiro atoms. The Labute approximate surface area is 207 Å². The van der Waals surface area contributed by atoms with E-state index in [1.54, 1.807) is 46.6 Å². The van der Waals surface area contributed by atoms with Crippen molar-refractivity contribution in [3.8, 4) is 5.75 Å². The normalized spacial score (nSPS) is 15.0. The third kappa shape index (κ3) is 5.59. The van der Waals surface area contributed by atoms with Crippen LogP contribution in [0.5, 0.6) is 5.75 Å². The number of fused-ring (bicyclic) bond motifs is 1. The molecule has 0 radical (unpaired) electrons. The maximum Gasteiger partial charge on any atom is 0.254 e. The molecular formula is C26H26ClFN2O3S. The van der Waals surface area contributed by atoms with E-state index in [-0.39, 0.29) is 30.0 Å². The van der Waals surface area contributed by atoms with Crippen molar-refractivity contribution in [2.75, 3.05) is 26.2 Å². The zero-order chi connectivity index (χ0) is 24.1. The van der Waals surface area contributed by atoms with Crippen LogP contribution in [-0.4, -0.2) is 47.9 Å². The van der Waals surface area contributed by atoms with Crippen LogP contribution in [0.4, 0.5) is 4.39 Å². The Balaban J connectivity index is 1.51. The van der Waals surface area contributed by atoms with Crippen LogP contribution < -0.4 is 4.74 Å². The molecule has 1 aromatic heterocycles. The van der Waals surface area contributed by atoms with Gasteiger partial charge in [-0.15, -0.1) is 11.3 Å². The Bertz CT molecular complexity index is 1150. The van der Waals surface area contributed by atoms with E-state index in [1.807, 2.05) is 18.4 Å². The zero-order valence-electron chi connectivity index (χ0n) is 18.9. The summed E-state index contributed by atoms with van der Waals surface area (Å²) < 4.78 is 19.7. The molecule has 0 saturated heterocycles. The fourth-order valence-electron chi connectivity index (χ4n) is 4.16. The third-order valence-corrected chi connectivity index (χ3v) is 7.06. The number of nitrogens with zero attached hydrogens (tertiary/aromatic N) is 2. The number of amides is 2. The van der Waals surface area contributed by atoms with E-state index in [0.717, 1.165) is 12.0 Å². The van der Waals surface area contributed by atoms with Gasteiger partial charge < -0.3 is 14.5 Å². The fraction of sp³-hybridized carbons (Fsp3) is 0.308. The molecule has 0 aliphatic carbocycles. The first-order valence-corrected chi connectivity index (χ1v) is 12.5. The Morgan fingerprint density at radius 2 is 2.00 bits per heavy atom. The second-order valence-electron chi connectivity index (χ2n) is 8.15. The molecule has 2 aromatic carbocycles. The smallest absolute Gasteiger partial charge is 0.254 e. The van der Waals surface area contributed by atoms with E-state index in [1.165, 1.54) is 28.0 Å². The van der Waals surface area contributed by atoms with Gasteiger partial charge in [-0.2, -0.15) is 0 Å². The highest BCUT2D eigenvalue weighted by Gasteiger charge is 2.33. The summed E-state index contributed by atoms with van der Waals surface area (Å²) in [6.07, 6.45) is 1.45. The molecule has 0 fully saturated rings. The molecule has 1 aliphatic heterocycles. The first-order valence-electron chi connectivity index (χ1n) is 11.2. The third-order valence-electron chi connectivity index (χ3n) is 5.82. The van der Waals surface area contributed by atoms with E-state index >= 15 is 0 Å². The summed E-state index contributed by atoms with van der Waals surface area (Å²) in [4.78, 5) is 31.1. The van der Waals surface area contributed by atoms with Crippen molar-refractivity contribution in [3.63, 3.8) is 0 Å². The van der Waals surface area contributed by atoms with Gasteiger partial charge in [0.1, 0.15) is 24.7 Å². The Kier molecular flexibility index (Phi) is 7.85. The summed E-state index contributed by atoms with van der Waals surface area (Å²) in [7, 11) is 0. The first kappa shape index (κ1) is 24.2. The summed E-state index contributed by atoms with van der Waals surface area (Å²) in [6.45, 7) is 3.13. The van der Waals surface area contributed by atoms with E-state index in [9.17, 15) is 14.0 Å². The Hall–Kier alpha value is -2.90. The van der Waals surface area contributed by atoms with Gasteiger partial charge >= 0.3 is 0 Å². The van der Waals surface area contributed by atoms with Crippen molar-refractivity contribution in [3.05, 3.63) is 86.8 Å². The lowest BCUT2D eigenvalue weighted by atomic mass is 10.0. The van der Waals surface area contributed by atoms with Gasteiger partial charge in [-0.05, 0) is 72.3 Å². The first-order chi connectivity index (χ1) is 16.5. The van der Waals surface area contributed by atoms with E-state index in [2.05, 4.69) is 0 Å². The predicted molar refractivity (Wildman–Crippen MR) is 132 cm³/mol. The number of hydrogen-bond acceptors (Lipinski definition) is 4. The summed E-state index contributed by atoms with van der Waals surface area (Å²) in [5, 5.41) is 2.66. The van der Waals surface area contributed by atoms with Gasteiger partial charge in [-0.3, -0.25) is 9.59 Å². The van der Waals surface area contributed by atoms with Crippen molar-refractivity contribution in [1.82, 2.24) is 9.80 Å². The molecule has 178 valence electrons. The van der Waals surface area contributed by atoms with Crippen molar-refractivity contribution in [2.24, 2.45) is 0 Å². The average Bonchev–Trinajstić information content (AvgIpc) is 3.32. The SMILES string of the molecule is CCCN(CC(=O)N1CCc2sccc2C1COc1ccc(Cl)cc1)C(=O)c1cccc(F)c1. The van der Waals surface area contributed by atoms with Crippen LogP contribution in [0.1, 0.15) is 40.2 Å². The molecule has 1 aliphatic rings. The van der Waals surface area contributed by atoms with E-state index < -0.39 is 5.82 Å². The molecule has 8 heteroatoms. The summed E-state index contributed by atoms with van der Waals surface area (Å²) in [5.74, 6) is -0.307. The molecule has 0 bridgehead atoms. The van der Waals surface area contributed by atoms with Crippen molar-refractivity contribution >= 4 is 34.8 Å². The minimum atomic E-state index is -0.478. The molecule has 34 heavy (non-hydrogen) atoms. The fourth-order valence-corrected chi connectivity index (χ4v) is 5.22. The van der Waals surface area contributed by atoms with Crippen molar-refractivity contribution < 1.29 is 18.7 Å². The number of rotatable bonds is 8. The summed E-state index contributed by atoms with van der Waals surface area (Å²) >= 11 is 7.65. The molecule has 4 rings (SSSR count). The van der Waals surface area contributed by atoms with Gasteiger partial charge in [0.2, 0.25) is 5.91 Å². The number of benzene rings is 2. The molecular weight excluding hydrogens is 475 g/mol. The van der Waals surface area contributed by atoms with Gasteiger partial charge in [0.15, 0.2) is 0 Å². The van der Waals surface area contributed by atoms with Crippen LogP contribution in [0, 0.1) is 5.82 Å². The minimum Gasteiger partial charge on any atom is -0.491 e. The molecule has 1 unspecified atom stereocenters. The van der Waals surface area contributed by atoms with Gasteiger partial charge in [-0.1, -0.05) is 24.6 Å². The van der Waals surface area contributed by atoms with Crippen LogP contribution in [0.2, 0.25) is 5.02 Å². The number of carbonyl (C=O) groups excluding carboxylic acids is 2. The summed E-state index contributed by atoms with van der Waals surface area (Å²) in [6, 6.07) is 14.5. The standard InChI is InChI=1S/C26H26ClFN2O3S/c1-2-12-29(26(32)18-4-3-5-20(28)15-18)16-25(31)30-13-10-24-22(11-14-34-24)23(30)17-33-21-8-6-19(27)7-9-21/h3-9,11,14-15,23H,2,10,12-13,16-17H2,1H3. The maximum absolute atomic E-state index is 13.7. The van der Waals surface area contributed by atoms with Crippen LogP contribution in [0.15, 0.2) is 60.0 Å². The van der Waals surface area contributed by atoms with E-state index in [0.29, 0.717) is 36.9 Å². The zero-order valence-corrected chi connectivity index (χ0v) is 20.4. The van der Waals surface area contributed by atoms with Crippen molar-refractivity contribution in [1.29, 1.82) is 0 Å². The highest BCUT2D eigenvalue weighted by atomic mass is 35.5. The second kappa shape index (κ2) is 11.0. The summed E-state index contributed by atoms with van der Waals surface area (Å²) in [5.41, 5.74) is 1.32. The Morgan fingerprint density at radius 3 is 2.74 bits per heavy atom. The monoisotopic (exact) mass is 500 g/mol. The number of carbonyl (C=O) groups is 2. The molecule has 2 heterocycles. The molecule has 0 N–H and O–H groups in total. The van der Waals surface area contributed by atoms with Crippen LogP contribution >= 0.6 is 22.9 Å². The average molecular weight is 501 g/mol. The molecule has 3 aromatic rings. The highest BCUT2D eigenvalue weighted by Crippen LogP contribution is 2.34. The van der Waals surface area contributed by atoms with Gasteiger partial charge in [0, 0.05) is 28.6 Å². The quantitative estimate of drug-likeness (QED) is 0.404. The molecule has 1 atom stereocenters. The Morgan fingerprint density at radius 1 is 1.21 bits per heavy atom. The molecule has 5 nitrogen and oxygen atoms in total. The largest absolute Gasteiger partial charge is 0.491 e. The topological polar surface area (TPSA) is 49.9 Å². The second-order valence-corrected chi connectivity index (χ2v) is 9.59. The number of thiophene rings is 1. The molecule has 0 saturated carbocycles. The van der Waals surface area contributed by atoms with Gasteiger partial charge in [-0.25, -0.2) is 4.39 Å². The lowest BCUT2D eigenvalue weighted by Gasteiger charge is -2.37. The van der Waals surface area contributed by atoms with Crippen LogP contribution in [-0.2, 0) is 11.2 Å². The van der Waals surface area contributed by atoms with Crippen LogP contribution in [0.25, 0.3) is 0 Å². The molecule has 2 amide bonds. The maximum atomic E-state index is 13.7. The van der Waals surface area contributed by atoms with E-state index in [4.69, 9.17) is 16.3 Å². The number of ether oxygens (including phenoxy) is 1. The van der Waals surface area contributed by atoms with Crippen LogP contribution in [0.3, 0.4) is 0 Å². The minimum absolute atomic E-state index is 0.0693. The lowest BCUT2D eigenvalue weighted by molar-refractivity contribution is -0.135. The lowest BCUT2D eigenvalue weighted by Crippen LogP contribution is -2.48. The van der Waals surface area contributed by atoms with Gasteiger partial charge in [0.05, 0.1) is 6.04 Å². The number of hydrogen-bond donors (Lipinski definition) is 0. The predicted octanol–water partition coefficient (Wildman–Crippen LogP) is 5.60.